The van der Waals surface area contributed by atoms with E-state index in [-0.39, 0.29) is 0 Å². The third-order valence-electron chi connectivity index (χ3n) is 2.08. The van der Waals surface area contributed by atoms with Crippen molar-refractivity contribution >= 4 is 50.7 Å². The van der Waals surface area contributed by atoms with E-state index in [2.05, 4.69) is 9.90 Å². The minimum atomic E-state index is -2.51. The molecule has 0 unspecified atom stereocenters. The summed E-state index contributed by atoms with van der Waals surface area (Å²) in [6.07, 6.45) is 0. The van der Waals surface area contributed by atoms with Crippen LogP contribution < -0.4 is 5.43 Å². The first-order valence-corrected chi connectivity index (χ1v) is 7.28. The second kappa shape index (κ2) is 5.71. The first kappa shape index (κ1) is 13.4. The number of nitrogens with one attached hydrogen (secondary N) is 1. The molecule has 1 aromatic carbocycles. The van der Waals surface area contributed by atoms with Gasteiger partial charge in [0, 0.05) is 10.4 Å². The van der Waals surface area contributed by atoms with Gasteiger partial charge >= 0.3 is 10.5 Å². The Morgan fingerprint density at radius 1 is 1.22 bits per heavy atom. The highest BCUT2D eigenvalue weighted by Gasteiger charge is 2.10. The van der Waals surface area contributed by atoms with Gasteiger partial charge in [-0.25, -0.2) is 0 Å². The van der Waals surface area contributed by atoms with Crippen LogP contribution >= 0.6 is 34.5 Å². The molecule has 0 aliphatic heterocycles. The van der Waals surface area contributed by atoms with E-state index in [0.29, 0.717) is 15.0 Å². The van der Waals surface area contributed by atoms with Crippen LogP contribution in [-0.4, -0.2) is 8.42 Å². The van der Waals surface area contributed by atoms with Crippen molar-refractivity contribution in [3.63, 3.8) is 0 Å². The predicted molar refractivity (Wildman–Crippen MR) is 74.7 cm³/mol. The van der Waals surface area contributed by atoms with Gasteiger partial charge < -0.3 is 0 Å². The zero-order valence-electron chi connectivity index (χ0n) is 8.72. The van der Waals surface area contributed by atoms with Gasteiger partial charge in [0.25, 0.3) is 0 Å². The lowest BCUT2D eigenvalue weighted by Crippen LogP contribution is -1.89. The summed E-state index contributed by atoms with van der Waals surface area (Å²) in [7, 11) is -2.51. The molecule has 1 aromatic heterocycles. The third kappa shape index (κ3) is 3.02. The van der Waals surface area contributed by atoms with Gasteiger partial charge in [0.15, 0.2) is 0 Å². The summed E-state index contributed by atoms with van der Waals surface area (Å²) in [4.78, 5) is 0.833. The van der Waals surface area contributed by atoms with Crippen molar-refractivity contribution in [3.8, 4) is 10.4 Å². The molecule has 0 bridgehead atoms. The third-order valence-corrected chi connectivity index (χ3v) is 4.22. The van der Waals surface area contributed by atoms with Crippen molar-refractivity contribution < 1.29 is 8.42 Å². The Bertz CT molecular complexity index is 683. The molecule has 2 rings (SSSR count). The first-order valence-electron chi connectivity index (χ1n) is 4.68. The van der Waals surface area contributed by atoms with Crippen LogP contribution in [0.25, 0.3) is 10.4 Å². The van der Waals surface area contributed by atoms with Crippen molar-refractivity contribution in [2.45, 2.75) is 0 Å². The van der Waals surface area contributed by atoms with Gasteiger partial charge in [0.1, 0.15) is 4.34 Å². The van der Waals surface area contributed by atoms with Crippen LogP contribution in [0.1, 0.15) is 0 Å². The average Bonchev–Trinajstić information content (AvgIpc) is 2.67. The van der Waals surface area contributed by atoms with Crippen molar-refractivity contribution in [2.24, 2.45) is 4.47 Å². The van der Waals surface area contributed by atoms with Gasteiger partial charge in [-0.05, 0) is 12.1 Å². The maximum absolute atomic E-state index is 10.4. The number of hydrogen-bond acceptors (Lipinski definition) is 4. The number of halogens is 2. The Kier molecular flexibility index (Phi) is 4.23. The van der Waals surface area contributed by atoms with Crippen LogP contribution in [0.15, 0.2) is 34.8 Å². The zero-order chi connectivity index (χ0) is 13.1. The van der Waals surface area contributed by atoms with Gasteiger partial charge in [-0.3, -0.25) is 5.43 Å². The van der Waals surface area contributed by atoms with Crippen LogP contribution in [0.4, 0.5) is 5.69 Å². The van der Waals surface area contributed by atoms with E-state index in [1.807, 2.05) is 12.1 Å². The highest BCUT2D eigenvalue weighted by molar-refractivity contribution is 7.61. The number of thiophene rings is 1. The summed E-state index contributed by atoms with van der Waals surface area (Å²) in [6, 6.07) is 8.86. The summed E-state index contributed by atoms with van der Waals surface area (Å²) in [5, 5.41) is 0.468. The normalized spacial score (nSPS) is 10.1. The maximum Gasteiger partial charge on any atom is 0.332 e. The molecule has 0 spiro atoms. The molecule has 0 amide bonds. The lowest BCUT2D eigenvalue weighted by atomic mass is 10.1. The van der Waals surface area contributed by atoms with E-state index in [1.165, 1.54) is 11.3 Å². The molecule has 0 saturated heterocycles. The topological polar surface area (TPSA) is 58.5 Å². The van der Waals surface area contributed by atoms with E-state index < -0.39 is 10.5 Å². The van der Waals surface area contributed by atoms with Gasteiger partial charge in [-0.1, -0.05) is 45.9 Å². The molecule has 0 saturated carbocycles. The Hall–Kier alpha value is -1.08. The summed E-state index contributed by atoms with van der Waals surface area (Å²) in [5.41, 5.74) is 3.82. The SMILES string of the molecule is O=S(=O)=NNc1ccccc1-c1cc(Cl)c(Cl)s1. The van der Waals surface area contributed by atoms with Gasteiger partial charge in [-0.15, -0.1) is 11.3 Å². The van der Waals surface area contributed by atoms with E-state index in [9.17, 15) is 8.42 Å². The molecule has 94 valence electrons. The molecule has 0 atom stereocenters. The molecular formula is C10H6Cl2N2O2S2. The first-order chi connectivity index (χ1) is 8.58. The molecule has 8 heteroatoms. The number of benzene rings is 1. The minimum absolute atomic E-state index is 0.468. The largest absolute Gasteiger partial charge is 0.332 e. The Morgan fingerprint density at radius 2 is 1.94 bits per heavy atom. The Labute approximate surface area is 119 Å². The van der Waals surface area contributed by atoms with Gasteiger partial charge in [0.05, 0.1) is 10.7 Å². The highest BCUT2D eigenvalue weighted by atomic mass is 35.5. The lowest BCUT2D eigenvalue weighted by molar-refractivity contribution is 0.621. The van der Waals surface area contributed by atoms with Gasteiger partial charge in [-0.2, -0.15) is 8.42 Å². The van der Waals surface area contributed by atoms with Crippen LogP contribution in [0, 0.1) is 0 Å². The quantitative estimate of drug-likeness (QED) is 0.866. The van der Waals surface area contributed by atoms with E-state index in [0.717, 1.165) is 10.4 Å². The number of hydrogen-bond donors (Lipinski definition) is 1. The molecule has 0 aliphatic rings. The fourth-order valence-corrected chi connectivity index (χ4v) is 2.94. The predicted octanol–water partition coefficient (Wildman–Crippen LogP) is 4.11. The maximum atomic E-state index is 10.4. The van der Waals surface area contributed by atoms with E-state index in [1.54, 1.807) is 18.2 Å². The van der Waals surface area contributed by atoms with Crippen LogP contribution in [-0.2, 0) is 10.5 Å². The Balaban J connectivity index is 2.47. The van der Waals surface area contributed by atoms with Crippen molar-refractivity contribution in [2.75, 3.05) is 5.43 Å². The molecule has 0 fully saturated rings. The van der Waals surface area contributed by atoms with Crippen LogP contribution in [0.3, 0.4) is 0 Å². The summed E-state index contributed by atoms with van der Waals surface area (Å²) in [5.74, 6) is 0. The van der Waals surface area contributed by atoms with Crippen molar-refractivity contribution in [1.82, 2.24) is 0 Å². The van der Waals surface area contributed by atoms with Gasteiger partial charge in [0.2, 0.25) is 0 Å². The molecule has 1 heterocycles. The van der Waals surface area contributed by atoms with E-state index in [4.69, 9.17) is 23.2 Å². The number of anilines is 1. The summed E-state index contributed by atoms with van der Waals surface area (Å²) < 4.78 is 24.5. The lowest BCUT2D eigenvalue weighted by Gasteiger charge is -2.04. The minimum Gasteiger partial charge on any atom is -0.263 e. The summed E-state index contributed by atoms with van der Waals surface area (Å²) in [6.45, 7) is 0. The van der Waals surface area contributed by atoms with Crippen molar-refractivity contribution in [3.05, 3.63) is 39.7 Å². The molecule has 0 radical (unpaired) electrons. The second-order valence-corrected chi connectivity index (χ2v) is 5.88. The highest BCUT2D eigenvalue weighted by Crippen LogP contribution is 2.40. The average molecular weight is 321 g/mol. The number of rotatable bonds is 3. The number of nitrogens with zero attached hydrogens (tertiary/aromatic N) is 1. The van der Waals surface area contributed by atoms with E-state index >= 15 is 0 Å². The van der Waals surface area contributed by atoms with Crippen LogP contribution in [0.2, 0.25) is 9.36 Å². The second-order valence-electron chi connectivity index (χ2n) is 3.20. The molecular weight excluding hydrogens is 315 g/mol. The van der Waals surface area contributed by atoms with Crippen molar-refractivity contribution in [1.29, 1.82) is 0 Å². The molecule has 0 aliphatic carbocycles. The number of para-hydroxylation sites is 1. The van der Waals surface area contributed by atoms with Crippen LogP contribution in [0.5, 0.6) is 0 Å². The molecule has 2 aromatic rings. The zero-order valence-corrected chi connectivity index (χ0v) is 11.9. The molecule has 1 N–H and O–H groups in total. The Morgan fingerprint density at radius 3 is 2.56 bits per heavy atom. The smallest absolute Gasteiger partial charge is 0.263 e. The fourth-order valence-electron chi connectivity index (χ4n) is 1.36. The molecule has 18 heavy (non-hydrogen) atoms. The molecule has 4 nitrogen and oxygen atoms in total. The standard InChI is InChI=1S/C10H6Cl2N2O2S2/c11-7-5-9(17-10(7)12)6-3-1-2-4-8(6)13-14-18(15)16/h1-5,13H. The monoisotopic (exact) mass is 320 g/mol. The fraction of sp³-hybridized carbons (Fsp3) is 0. The summed E-state index contributed by atoms with van der Waals surface area (Å²) >= 11 is 13.1.